The van der Waals surface area contributed by atoms with E-state index in [1.165, 1.54) is 22.4 Å². The smallest absolute Gasteiger partial charge is 0.0230 e. The van der Waals surface area contributed by atoms with Gasteiger partial charge in [-0.2, -0.15) is 0 Å². The van der Waals surface area contributed by atoms with Crippen molar-refractivity contribution in [3.63, 3.8) is 0 Å². The summed E-state index contributed by atoms with van der Waals surface area (Å²) in [4.78, 5) is 3.93. The van der Waals surface area contributed by atoms with E-state index in [4.69, 9.17) is 0 Å². The van der Waals surface area contributed by atoms with Crippen LogP contribution in [0.1, 0.15) is 43.7 Å². The minimum Gasteiger partial charge on any atom is -0.302 e. The topological polar surface area (TPSA) is 3.24 Å². The van der Waals surface area contributed by atoms with Gasteiger partial charge >= 0.3 is 0 Å². The van der Waals surface area contributed by atoms with Crippen molar-refractivity contribution in [2.45, 2.75) is 46.1 Å². The zero-order valence-electron chi connectivity index (χ0n) is 14.6. The van der Waals surface area contributed by atoms with Crippen LogP contribution in [0, 0.1) is 5.92 Å². The SMILES string of the molecule is CC(Cc1cccs1)CN(C)Cc1ccc(C(C)(C)C)cc1. The van der Waals surface area contributed by atoms with E-state index in [0.717, 1.165) is 13.1 Å². The van der Waals surface area contributed by atoms with E-state index in [1.54, 1.807) is 0 Å². The van der Waals surface area contributed by atoms with Gasteiger partial charge in [0.15, 0.2) is 0 Å². The quantitative estimate of drug-likeness (QED) is 0.694. The lowest BCUT2D eigenvalue weighted by Gasteiger charge is -2.22. The molecule has 120 valence electrons. The first-order valence-corrected chi connectivity index (χ1v) is 9.03. The van der Waals surface area contributed by atoms with Gasteiger partial charge in [0.05, 0.1) is 0 Å². The number of hydrogen-bond acceptors (Lipinski definition) is 2. The molecule has 0 bridgehead atoms. The third kappa shape index (κ3) is 5.26. The lowest BCUT2D eigenvalue weighted by atomic mass is 9.87. The van der Waals surface area contributed by atoms with Crippen molar-refractivity contribution in [2.75, 3.05) is 13.6 Å². The molecule has 1 nitrogen and oxygen atoms in total. The van der Waals surface area contributed by atoms with Gasteiger partial charge in [-0.25, -0.2) is 0 Å². The Kier molecular flexibility index (Phi) is 5.82. The predicted molar refractivity (Wildman–Crippen MR) is 98.7 cm³/mol. The molecule has 0 N–H and O–H groups in total. The molecule has 1 aromatic heterocycles. The van der Waals surface area contributed by atoms with E-state index in [9.17, 15) is 0 Å². The highest BCUT2D eigenvalue weighted by Gasteiger charge is 2.13. The third-order valence-corrected chi connectivity index (χ3v) is 4.92. The summed E-state index contributed by atoms with van der Waals surface area (Å²) in [5.74, 6) is 0.692. The van der Waals surface area contributed by atoms with E-state index in [2.05, 4.69) is 81.4 Å². The molecule has 0 aliphatic rings. The van der Waals surface area contributed by atoms with E-state index < -0.39 is 0 Å². The molecular weight excluding hydrogens is 286 g/mol. The molecule has 0 saturated carbocycles. The lowest BCUT2D eigenvalue weighted by Crippen LogP contribution is -2.25. The molecule has 2 heteroatoms. The van der Waals surface area contributed by atoms with Crippen LogP contribution in [0.3, 0.4) is 0 Å². The summed E-state index contributed by atoms with van der Waals surface area (Å²) >= 11 is 1.87. The largest absolute Gasteiger partial charge is 0.302 e. The van der Waals surface area contributed by atoms with Gasteiger partial charge in [0, 0.05) is 18.0 Å². The molecule has 2 rings (SSSR count). The van der Waals surface area contributed by atoms with Crippen LogP contribution in [0.5, 0.6) is 0 Å². The lowest BCUT2D eigenvalue weighted by molar-refractivity contribution is 0.278. The molecule has 1 unspecified atom stereocenters. The highest BCUT2D eigenvalue weighted by atomic mass is 32.1. The van der Waals surface area contributed by atoms with Crippen LogP contribution < -0.4 is 0 Å². The predicted octanol–water partition coefficient (Wildman–Crippen LogP) is 5.36. The Balaban J connectivity index is 1.85. The number of nitrogens with zero attached hydrogens (tertiary/aromatic N) is 1. The van der Waals surface area contributed by atoms with Crippen LogP contribution in [-0.4, -0.2) is 18.5 Å². The van der Waals surface area contributed by atoms with Crippen LogP contribution in [0.4, 0.5) is 0 Å². The van der Waals surface area contributed by atoms with Crippen LogP contribution in [0.2, 0.25) is 0 Å². The molecule has 0 saturated heterocycles. The van der Waals surface area contributed by atoms with Crippen molar-refractivity contribution in [2.24, 2.45) is 5.92 Å². The standard InChI is InChI=1S/C20H29NS/c1-16(13-19-7-6-12-22-19)14-21(5)15-17-8-10-18(11-9-17)20(2,3)4/h6-12,16H,13-15H2,1-5H3. The zero-order valence-corrected chi connectivity index (χ0v) is 15.4. The molecule has 0 radical (unpaired) electrons. The van der Waals surface area contributed by atoms with Crippen molar-refractivity contribution >= 4 is 11.3 Å². The van der Waals surface area contributed by atoms with E-state index in [0.29, 0.717) is 5.92 Å². The maximum Gasteiger partial charge on any atom is 0.0230 e. The Morgan fingerprint density at radius 3 is 2.32 bits per heavy atom. The summed E-state index contributed by atoms with van der Waals surface area (Å²) in [6, 6.07) is 13.5. The molecule has 1 aromatic carbocycles. The van der Waals surface area contributed by atoms with Gasteiger partial charge in [-0.1, -0.05) is 58.0 Å². The maximum absolute atomic E-state index is 2.43. The van der Waals surface area contributed by atoms with E-state index >= 15 is 0 Å². The summed E-state index contributed by atoms with van der Waals surface area (Å²) in [6.07, 6.45) is 1.19. The van der Waals surface area contributed by atoms with Gasteiger partial charge in [0.1, 0.15) is 0 Å². The fraction of sp³-hybridized carbons (Fsp3) is 0.500. The van der Waals surface area contributed by atoms with Gasteiger partial charge in [0.2, 0.25) is 0 Å². The minimum atomic E-state index is 0.236. The monoisotopic (exact) mass is 315 g/mol. The normalized spacial score (nSPS) is 13.5. The molecule has 2 aromatic rings. The van der Waals surface area contributed by atoms with Gasteiger partial charge in [-0.15, -0.1) is 11.3 Å². The van der Waals surface area contributed by atoms with Gasteiger partial charge in [0.25, 0.3) is 0 Å². The van der Waals surface area contributed by atoms with Crippen LogP contribution in [0.25, 0.3) is 0 Å². The average molecular weight is 316 g/mol. The van der Waals surface area contributed by atoms with Gasteiger partial charge < -0.3 is 4.90 Å². The maximum atomic E-state index is 2.43. The summed E-state index contributed by atoms with van der Waals surface area (Å²) < 4.78 is 0. The molecule has 0 fully saturated rings. The van der Waals surface area contributed by atoms with Crippen molar-refractivity contribution < 1.29 is 0 Å². The Bertz CT molecular complexity index is 548. The van der Waals surface area contributed by atoms with Crippen LogP contribution in [-0.2, 0) is 18.4 Å². The van der Waals surface area contributed by atoms with Gasteiger partial charge in [-0.05, 0) is 47.4 Å². The molecule has 22 heavy (non-hydrogen) atoms. The third-order valence-electron chi connectivity index (χ3n) is 4.03. The fourth-order valence-electron chi connectivity index (χ4n) is 2.86. The Morgan fingerprint density at radius 1 is 1.09 bits per heavy atom. The first-order chi connectivity index (χ1) is 10.3. The molecule has 0 spiro atoms. The Labute approximate surface area is 140 Å². The number of hydrogen-bond donors (Lipinski definition) is 0. The molecular formula is C20H29NS. The Hall–Kier alpha value is -1.12. The summed E-state index contributed by atoms with van der Waals surface area (Å²) in [5.41, 5.74) is 3.04. The molecule has 1 atom stereocenters. The Morgan fingerprint density at radius 2 is 1.77 bits per heavy atom. The van der Waals surface area contributed by atoms with E-state index in [1.807, 2.05) is 11.3 Å². The van der Waals surface area contributed by atoms with Crippen LogP contribution >= 0.6 is 11.3 Å². The van der Waals surface area contributed by atoms with Crippen molar-refractivity contribution in [1.29, 1.82) is 0 Å². The second-order valence-electron chi connectivity index (χ2n) is 7.53. The average Bonchev–Trinajstić information content (AvgIpc) is 2.90. The minimum absolute atomic E-state index is 0.236. The molecule has 0 aliphatic heterocycles. The number of benzene rings is 1. The van der Waals surface area contributed by atoms with Crippen LogP contribution in [0.15, 0.2) is 41.8 Å². The molecule has 0 amide bonds. The first kappa shape index (κ1) is 17.2. The van der Waals surface area contributed by atoms with Crippen molar-refractivity contribution in [3.05, 3.63) is 57.8 Å². The number of rotatable bonds is 6. The first-order valence-electron chi connectivity index (χ1n) is 8.15. The fourth-order valence-corrected chi connectivity index (χ4v) is 3.72. The summed E-state index contributed by atoms with van der Waals surface area (Å²) in [5, 5.41) is 2.17. The van der Waals surface area contributed by atoms with Gasteiger partial charge in [-0.3, -0.25) is 0 Å². The summed E-state index contributed by atoms with van der Waals surface area (Å²) in [7, 11) is 2.22. The van der Waals surface area contributed by atoms with Crippen molar-refractivity contribution in [3.8, 4) is 0 Å². The second-order valence-corrected chi connectivity index (χ2v) is 8.56. The highest BCUT2D eigenvalue weighted by molar-refractivity contribution is 7.09. The summed E-state index contributed by atoms with van der Waals surface area (Å²) in [6.45, 7) is 11.3. The van der Waals surface area contributed by atoms with Crippen molar-refractivity contribution in [1.82, 2.24) is 4.90 Å². The highest BCUT2D eigenvalue weighted by Crippen LogP contribution is 2.22. The molecule has 1 heterocycles. The second kappa shape index (κ2) is 7.43. The molecule has 0 aliphatic carbocycles. The zero-order chi connectivity index (χ0) is 16.2. The van der Waals surface area contributed by atoms with E-state index in [-0.39, 0.29) is 5.41 Å². The number of thiophene rings is 1.